The molecule has 1 unspecified atom stereocenters. The number of aromatic nitrogens is 3. The van der Waals surface area contributed by atoms with E-state index in [1.807, 2.05) is 12.1 Å². The number of aliphatic hydroxyl groups excluding tert-OH is 1. The summed E-state index contributed by atoms with van der Waals surface area (Å²) in [5.41, 5.74) is 9.32. The van der Waals surface area contributed by atoms with Gasteiger partial charge in [-0.25, -0.2) is 14.1 Å². The summed E-state index contributed by atoms with van der Waals surface area (Å²) in [6.45, 7) is 3.74. The summed E-state index contributed by atoms with van der Waals surface area (Å²) in [7, 11) is 3.51. The van der Waals surface area contributed by atoms with Crippen LogP contribution in [0.25, 0.3) is 5.69 Å². The van der Waals surface area contributed by atoms with E-state index in [9.17, 15) is 19.1 Å². The molecule has 5 N–H and O–H groups in total. The average molecular weight is 629 g/mol. The van der Waals surface area contributed by atoms with Gasteiger partial charge in [0.05, 0.1) is 41.6 Å². The van der Waals surface area contributed by atoms with Crippen LogP contribution in [0.3, 0.4) is 0 Å². The van der Waals surface area contributed by atoms with E-state index in [2.05, 4.69) is 32.6 Å². The molecule has 1 aliphatic carbocycles. The smallest absolute Gasteiger partial charge is 0.269 e. The van der Waals surface area contributed by atoms with Crippen LogP contribution in [0, 0.1) is 11.7 Å². The van der Waals surface area contributed by atoms with Crippen molar-refractivity contribution >= 4 is 29.0 Å². The van der Waals surface area contributed by atoms with Crippen LogP contribution < -0.4 is 26.0 Å². The van der Waals surface area contributed by atoms with E-state index in [1.165, 1.54) is 30.1 Å². The van der Waals surface area contributed by atoms with E-state index in [4.69, 9.17) is 15.5 Å². The Morgan fingerprint density at radius 1 is 1.09 bits per heavy atom. The van der Waals surface area contributed by atoms with Gasteiger partial charge in [0.15, 0.2) is 5.69 Å². The third-order valence-corrected chi connectivity index (χ3v) is 8.40. The lowest BCUT2D eigenvalue weighted by molar-refractivity contribution is 0.0946. The zero-order valence-corrected chi connectivity index (χ0v) is 25.7. The van der Waals surface area contributed by atoms with E-state index in [0.29, 0.717) is 22.9 Å². The number of pyridine rings is 1. The number of rotatable bonds is 11. The van der Waals surface area contributed by atoms with Crippen molar-refractivity contribution in [3.05, 3.63) is 89.1 Å². The molecule has 2 amide bonds. The van der Waals surface area contributed by atoms with Crippen LogP contribution in [0.2, 0.25) is 0 Å². The van der Waals surface area contributed by atoms with E-state index >= 15 is 0 Å². The number of ether oxygens (including phenoxy) is 1. The minimum atomic E-state index is -0.687. The van der Waals surface area contributed by atoms with Crippen LogP contribution in [0.4, 0.5) is 21.6 Å². The fourth-order valence-electron chi connectivity index (χ4n) is 5.61. The molecule has 4 aromatic rings. The second-order valence-corrected chi connectivity index (χ2v) is 11.7. The van der Waals surface area contributed by atoms with E-state index < -0.39 is 23.7 Å². The van der Waals surface area contributed by atoms with Gasteiger partial charge in [0.1, 0.15) is 23.5 Å². The van der Waals surface area contributed by atoms with E-state index in [0.717, 1.165) is 56.3 Å². The minimum Gasteiger partial charge on any atom is -0.496 e. The fraction of sp³-hybridized carbons (Fsp3) is 0.333. The first-order chi connectivity index (χ1) is 22.2. The summed E-state index contributed by atoms with van der Waals surface area (Å²) in [6, 6.07) is 14.6. The Morgan fingerprint density at radius 2 is 1.83 bits per heavy atom. The molecule has 0 bridgehead atoms. The van der Waals surface area contributed by atoms with Gasteiger partial charge in [0, 0.05) is 32.7 Å². The molecule has 12 nitrogen and oxygen atoms in total. The Hall–Kier alpha value is -5.01. The molecule has 46 heavy (non-hydrogen) atoms. The second kappa shape index (κ2) is 13.2. The third kappa shape index (κ3) is 6.65. The summed E-state index contributed by atoms with van der Waals surface area (Å²) in [6.07, 6.45) is 2.77. The molecule has 1 saturated carbocycles. The number of nitrogens with zero attached hydrogens (tertiary/aromatic N) is 5. The van der Waals surface area contributed by atoms with E-state index in [-0.39, 0.29) is 29.5 Å². The van der Waals surface area contributed by atoms with Gasteiger partial charge in [-0.05, 0) is 73.8 Å². The van der Waals surface area contributed by atoms with Gasteiger partial charge >= 0.3 is 0 Å². The Morgan fingerprint density at radius 3 is 2.50 bits per heavy atom. The van der Waals surface area contributed by atoms with Crippen molar-refractivity contribution in [1.82, 2.24) is 25.0 Å². The number of nitrogens with two attached hydrogens (primary N) is 1. The van der Waals surface area contributed by atoms with Crippen molar-refractivity contribution in [1.29, 1.82) is 0 Å². The lowest BCUT2D eigenvalue weighted by Gasteiger charge is -2.35. The highest BCUT2D eigenvalue weighted by Gasteiger charge is 2.34. The molecule has 240 valence electrons. The van der Waals surface area contributed by atoms with Crippen molar-refractivity contribution in [2.24, 2.45) is 11.7 Å². The number of piperazine rings is 1. The Labute approximate surface area is 266 Å². The van der Waals surface area contributed by atoms with Crippen molar-refractivity contribution in [3.8, 4) is 11.4 Å². The van der Waals surface area contributed by atoms with Crippen LogP contribution in [0.1, 0.15) is 51.0 Å². The van der Waals surface area contributed by atoms with Gasteiger partial charge in [-0.1, -0.05) is 12.1 Å². The Kier molecular flexibility index (Phi) is 8.86. The first-order valence-corrected chi connectivity index (χ1v) is 15.2. The molecular formula is C33H37FN8O4. The molecule has 0 radical (unpaired) electrons. The molecule has 1 atom stereocenters. The maximum Gasteiger partial charge on any atom is 0.269 e. The van der Waals surface area contributed by atoms with Crippen LogP contribution in [-0.4, -0.2) is 76.9 Å². The largest absolute Gasteiger partial charge is 0.496 e. The maximum atomic E-state index is 13.7. The number of hydrogen-bond acceptors (Lipinski definition) is 9. The van der Waals surface area contributed by atoms with Crippen molar-refractivity contribution in [2.45, 2.75) is 25.5 Å². The van der Waals surface area contributed by atoms with Crippen molar-refractivity contribution < 1.29 is 23.8 Å². The predicted octanol–water partition coefficient (Wildman–Crippen LogP) is 3.38. The number of likely N-dealkylation sites (N-methyl/N-ethyl adjacent to an activating group) is 1. The fourth-order valence-corrected chi connectivity index (χ4v) is 5.61. The molecule has 13 heteroatoms. The molecule has 2 fully saturated rings. The minimum absolute atomic E-state index is 0.0967. The number of aliphatic hydroxyl groups is 1. The third-order valence-electron chi connectivity index (χ3n) is 8.40. The number of halogens is 1. The Bertz CT molecular complexity index is 1730. The number of primary amides is 1. The molecule has 6 rings (SSSR count). The van der Waals surface area contributed by atoms with Crippen LogP contribution in [0.15, 0.2) is 60.8 Å². The zero-order valence-electron chi connectivity index (χ0n) is 25.7. The quantitative estimate of drug-likeness (QED) is 0.196. The monoisotopic (exact) mass is 628 g/mol. The highest BCUT2D eigenvalue weighted by atomic mass is 19.1. The summed E-state index contributed by atoms with van der Waals surface area (Å²) < 4.78 is 20.3. The predicted molar refractivity (Wildman–Crippen MR) is 171 cm³/mol. The number of carbonyl (C=O) groups is 2. The average Bonchev–Trinajstić information content (AvgIpc) is 3.83. The molecule has 2 aliphatic rings. The molecule has 2 aromatic carbocycles. The molecule has 1 saturated heterocycles. The van der Waals surface area contributed by atoms with Gasteiger partial charge in [-0.3, -0.25) is 9.59 Å². The lowest BCUT2D eigenvalue weighted by Crippen LogP contribution is -2.45. The van der Waals surface area contributed by atoms with Crippen molar-refractivity contribution in [2.75, 3.05) is 50.6 Å². The SMILES string of the molecule is COc1ccc(F)cc1C(=O)NCc1ccc(-n2ncc(Nc3ccc(N4CCN(C)CC4)c(C(O)C4CC4)n3)c2C(N)=O)cc1. The summed E-state index contributed by atoms with van der Waals surface area (Å²) in [5, 5.41) is 21.5. The van der Waals surface area contributed by atoms with Gasteiger partial charge < -0.3 is 36.0 Å². The topological polar surface area (TPSA) is 151 Å². The standard InChI is InChI=1S/C33H37FN8O4/c1-40-13-15-41(16-14-40)26-10-12-28(39-29(26)31(43)21-5-6-21)38-25-19-37-42(30(25)32(35)44)23-8-3-20(4-9-23)18-36-33(45)24-17-22(34)7-11-27(24)46-2/h3-4,7-12,17,19,21,31,43H,5-6,13-16,18H2,1-2H3,(H2,35,44)(H,36,45)(H,38,39). The summed E-state index contributed by atoms with van der Waals surface area (Å²) >= 11 is 0. The number of amides is 2. The number of hydrogen-bond donors (Lipinski definition) is 4. The molecule has 0 spiro atoms. The number of methoxy groups -OCH3 is 1. The lowest BCUT2D eigenvalue weighted by atomic mass is 10.1. The normalized spacial score (nSPS) is 15.8. The summed E-state index contributed by atoms with van der Waals surface area (Å²) in [5.74, 6) is -0.768. The van der Waals surface area contributed by atoms with Gasteiger partial charge in [-0.2, -0.15) is 5.10 Å². The molecule has 2 aromatic heterocycles. The van der Waals surface area contributed by atoms with Crippen molar-refractivity contribution in [3.63, 3.8) is 0 Å². The number of anilines is 3. The first-order valence-electron chi connectivity index (χ1n) is 15.2. The second-order valence-electron chi connectivity index (χ2n) is 11.7. The van der Waals surface area contributed by atoms with Gasteiger partial charge in [0.25, 0.3) is 11.8 Å². The highest BCUT2D eigenvalue weighted by Crippen LogP contribution is 2.43. The summed E-state index contributed by atoms with van der Waals surface area (Å²) in [4.78, 5) is 34.7. The zero-order chi connectivity index (χ0) is 32.4. The van der Waals surface area contributed by atoms with Crippen LogP contribution in [0.5, 0.6) is 5.75 Å². The highest BCUT2D eigenvalue weighted by molar-refractivity contribution is 5.98. The van der Waals surface area contributed by atoms with Gasteiger partial charge in [0.2, 0.25) is 0 Å². The Balaban J connectivity index is 1.19. The number of benzene rings is 2. The van der Waals surface area contributed by atoms with Crippen LogP contribution in [-0.2, 0) is 6.54 Å². The first kappa shape index (κ1) is 31.0. The molecule has 1 aliphatic heterocycles. The van der Waals surface area contributed by atoms with Crippen LogP contribution >= 0.6 is 0 Å². The molecular weight excluding hydrogens is 591 g/mol. The number of carbonyl (C=O) groups excluding carboxylic acids is 2. The van der Waals surface area contributed by atoms with Gasteiger partial charge in [-0.15, -0.1) is 0 Å². The maximum absolute atomic E-state index is 13.7. The van der Waals surface area contributed by atoms with E-state index in [1.54, 1.807) is 24.3 Å². The molecule has 3 heterocycles. The number of nitrogens with one attached hydrogen (secondary N) is 2.